The highest BCUT2D eigenvalue weighted by Gasteiger charge is 2.08. The first-order valence-corrected chi connectivity index (χ1v) is 7.48. The maximum absolute atomic E-state index is 11.7. The van der Waals surface area contributed by atoms with Crippen LogP contribution in [0.2, 0.25) is 0 Å². The molecule has 0 aliphatic rings. The van der Waals surface area contributed by atoms with Crippen molar-refractivity contribution in [1.82, 2.24) is 9.88 Å². The molecule has 1 rings (SSSR count). The van der Waals surface area contributed by atoms with Gasteiger partial charge < -0.3 is 15.0 Å². The molecule has 1 heterocycles. The number of hydrogen-bond acceptors (Lipinski definition) is 3. The summed E-state index contributed by atoms with van der Waals surface area (Å²) >= 11 is 3.29. The fraction of sp³-hybridized carbons (Fsp3) is 0.571. The second-order valence-corrected chi connectivity index (χ2v) is 6.04. The smallest absolute Gasteiger partial charge is 0.250 e. The zero-order chi connectivity index (χ0) is 15.1. The average molecular weight is 345 g/mol. The molecular weight excluding hydrogens is 324 g/mol. The zero-order valence-corrected chi connectivity index (χ0v) is 13.4. The monoisotopic (exact) mass is 344 g/mol. The Morgan fingerprint density at radius 1 is 1.45 bits per heavy atom. The van der Waals surface area contributed by atoms with Crippen molar-refractivity contribution in [3.05, 3.63) is 33.2 Å². The number of pyridine rings is 1. The summed E-state index contributed by atoms with van der Waals surface area (Å²) in [6.07, 6.45) is 2.23. The lowest BCUT2D eigenvalue weighted by Gasteiger charge is -2.14. The number of nitrogens with zero attached hydrogens (tertiary/aromatic N) is 1. The molecule has 6 heteroatoms. The highest BCUT2D eigenvalue weighted by Crippen LogP contribution is 2.06. The second kappa shape index (κ2) is 8.21. The fourth-order valence-electron chi connectivity index (χ4n) is 1.94. The number of amides is 1. The molecule has 112 valence electrons. The minimum Gasteiger partial charge on any atom is -0.393 e. The Hall–Kier alpha value is -1.14. The van der Waals surface area contributed by atoms with Crippen molar-refractivity contribution < 1.29 is 9.90 Å². The predicted molar refractivity (Wildman–Crippen MR) is 81.5 cm³/mol. The first-order valence-electron chi connectivity index (χ1n) is 6.69. The summed E-state index contributed by atoms with van der Waals surface area (Å²) < 4.78 is 2.31. The molecule has 2 unspecified atom stereocenters. The van der Waals surface area contributed by atoms with E-state index in [-0.39, 0.29) is 29.9 Å². The minimum atomic E-state index is -0.359. The van der Waals surface area contributed by atoms with E-state index in [1.807, 2.05) is 6.92 Å². The van der Waals surface area contributed by atoms with Crippen LogP contribution in [-0.4, -0.2) is 28.2 Å². The van der Waals surface area contributed by atoms with Gasteiger partial charge >= 0.3 is 0 Å². The lowest BCUT2D eigenvalue weighted by molar-refractivity contribution is -0.121. The van der Waals surface area contributed by atoms with Gasteiger partial charge in [0.1, 0.15) is 0 Å². The Morgan fingerprint density at radius 3 is 2.80 bits per heavy atom. The van der Waals surface area contributed by atoms with Gasteiger partial charge in [0.05, 0.1) is 6.10 Å². The van der Waals surface area contributed by atoms with E-state index in [2.05, 4.69) is 21.2 Å². The Balaban J connectivity index is 2.36. The van der Waals surface area contributed by atoms with Crippen LogP contribution < -0.4 is 10.9 Å². The number of carbonyl (C=O) groups is 1. The van der Waals surface area contributed by atoms with Crippen LogP contribution in [0.1, 0.15) is 26.7 Å². The molecule has 1 aromatic rings. The molecule has 0 aliphatic heterocycles. The van der Waals surface area contributed by atoms with E-state index >= 15 is 0 Å². The number of aromatic nitrogens is 1. The largest absolute Gasteiger partial charge is 0.393 e. The van der Waals surface area contributed by atoms with Crippen LogP contribution in [0.5, 0.6) is 0 Å². The van der Waals surface area contributed by atoms with Gasteiger partial charge in [0.2, 0.25) is 5.91 Å². The summed E-state index contributed by atoms with van der Waals surface area (Å²) in [5.41, 5.74) is -0.122. The van der Waals surface area contributed by atoms with Crippen LogP contribution in [0.15, 0.2) is 27.6 Å². The molecule has 2 N–H and O–H groups in total. The van der Waals surface area contributed by atoms with Crippen molar-refractivity contribution >= 4 is 21.8 Å². The summed E-state index contributed by atoms with van der Waals surface area (Å²) in [5.74, 6) is 0.141. The molecule has 0 aliphatic carbocycles. The van der Waals surface area contributed by atoms with Gasteiger partial charge in [0.15, 0.2) is 0 Å². The molecule has 20 heavy (non-hydrogen) atoms. The van der Waals surface area contributed by atoms with Crippen LogP contribution >= 0.6 is 15.9 Å². The summed E-state index contributed by atoms with van der Waals surface area (Å²) in [6.45, 7) is 4.61. The van der Waals surface area contributed by atoms with Gasteiger partial charge in [-0.05, 0) is 41.3 Å². The third kappa shape index (κ3) is 6.34. The number of aliphatic hydroxyl groups is 1. The van der Waals surface area contributed by atoms with Crippen LogP contribution in [0.4, 0.5) is 0 Å². The Morgan fingerprint density at radius 2 is 2.15 bits per heavy atom. The summed E-state index contributed by atoms with van der Waals surface area (Å²) in [4.78, 5) is 23.3. The lowest BCUT2D eigenvalue weighted by atomic mass is 10.0. The number of aliphatic hydroxyl groups excluding tert-OH is 1. The second-order valence-electron chi connectivity index (χ2n) is 5.12. The van der Waals surface area contributed by atoms with Crippen LogP contribution in [0.25, 0.3) is 0 Å². The normalized spacial score (nSPS) is 13.8. The van der Waals surface area contributed by atoms with Crippen molar-refractivity contribution in [1.29, 1.82) is 0 Å². The highest BCUT2D eigenvalue weighted by molar-refractivity contribution is 9.10. The zero-order valence-electron chi connectivity index (χ0n) is 11.8. The van der Waals surface area contributed by atoms with Crippen molar-refractivity contribution in [2.45, 2.75) is 39.3 Å². The number of nitrogens with one attached hydrogen (secondary N) is 1. The first-order chi connectivity index (χ1) is 9.38. The van der Waals surface area contributed by atoms with Gasteiger partial charge in [-0.1, -0.05) is 6.92 Å². The van der Waals surface area contributed by atoms with Gasteiger partial charge in [0, 0.05) is 36.2 Å². The van der Waals surface area contributed by atoms with E-state index in [4.69, 9.17) is 0 Å². The summed E-state index contributed by atoms with van der Waals surface area (Å²) in [6, 6.07) is 3.14. The molecule has 0 saturated heterocycles. The van der Waals surface area contributed by atoms with E-state index in [0.717, 1.165) is 4.47 Å². The molecule has 2 atom stereocenters. The van der Waals surface area contributed by atoms with Gasteiger partial charge in [-0.2, -0.15) is 0 Å². The highest BCUT2D eigenvalue weighted by atomic mass is 79.9. The maximum Gasteiger partial charge on any atom is 0.250 e. The van der Waals surface area contributed by atoms with Crippen LogP contribution in [0.3, 0.4) is 0 Å². The molecule has 0 aromatic carbocycles. The van der Waals surface area contributed by atoms with Crippen LogP contribution in [0, 0.1) is 5.92 Å². The Bertz CT molecular complexity index is 499. The molecule has 0 bridgehead atoms. The molecule has 0 radical (unpaired) electrons. The van der Waals surface area contributed by atoms with Gasteiger partial charge in [-0.15, -0.1) is 0 Å². The Labute approximate surface area is 127 Å². The van der Waals surface area contributed by atoms with Crippen LogP contribution in [-0.2, 0) is 11.3 Å². The number of carbonyl (C=O) groups excluding carboxylic acids is 1. The SMILES string of the molecule is CC(O)CC(C)CNC(=O)CCn1cc(Br)ccc1=O. The summed E-state index contributed by atoms with van der Waals surface area (Å²) in [5, 5.41) is 12.1. The lowest BCUT2D eigenvalue weighted by Crippen LogP contribution is -2.31. The molecule has 1 amide bonds. The van der Waals surface area contributed by atoms with Crippen molar-refractivity contribution in [3.8, 4) is 0 Å². The molecule has 0 fully saturated rings. The molecule has 0 spiro atoms. The van der Waals surface area contributed by atoms with Crippen molar-refractivity contribution in [3.63, 3.8) is 0 Å². The Kier molecular flexibility index (Phi) is 6.95. The van der Waals surface area contributed by atoms with E-state index in [9.17, 15) is 14.7 Å². The molecule has 0 saturated carbocycles. The maximum atomic E-state index is 11.7. The number of hydrogen-bond donors (Lipinski definition) is 2. The van der Waals surface area contributed by atoms with E-state index < -0.39 is 0 Å². The third-order valence-corrected chi connectivity index (χ3v) is 3.39. The average Bonchev–Trinajstić information content (AvgIpc) is 2.36. The quantitative estimate of drug-likeness (QED) is 0.787. The van der Waals surface area contributed by atoms with Gasteiger partial charge in [-0.25, -0.2) is 0 Å². The molecular formula is C14H21BrN2O3. The minimum absolute atomic E-state index is 0.0886. The number of rotatable bonds is 7. The standard InChI is InChI=1S/C14H21BrN2O3/c1-10(7-11(2)18)8-16-13(19)5-6-17-9-12(15)3-4-14(17)20/h3-4,9-11,18H,5-8H2,1-2H3,(H,16,19). The van der Waals surface area contributed by atoms with Crippen molar-refractivity contribution in [2.24, 2.45) is 5.92 Å². The van der Waals surface area contributed by atoms with Gasteiger partial charge in [-0.3, -0.25) is 9.59 Å². The predicted octanol–water partition coefficient (Wildman–Crippen LogP) is 1.52. The van der Waals surface area contributed by atoms with E-state index in [0.29, 0.717) is 19.5 Å². The number of aryl methyl sites for hydroxylation is 1. The summed E-state index contributed by atoms with van der Waals surface area (Å²) in [7, 11) is 0. The topological polar surface area (TPSA) is 71.3 Å². The number of halogens is 1. The van der Waals surface area contributed by atoms with E-state index in [1.165, 1.54) is 10.6 Å². The van der Waals surface area contributed by atoms with Crippen molar-refractivity contribution in [2.75, 3.05) is 6.54 Å². The fourth-order valence-corrected chi connectivity index (χ4v) is 2.32. The van der Waals surface area contributed by atoms with E-state index in [1.54, 1.807) is 19.2 Å². The third-order valence-electron chi connectivity index (χ3n) is 2.92. The first kappa shape index (κ1) is 16.9. The molecule has 5 nitrogen and oxygen atoms in total. The van der Waals surface area contributed by atoms with Gasteiger partial charge in [0.25, 0.3) is 5.56 Å². The molecule has 1 aromatic heterocycles.